The van der Waals surface area contributed by atoms with Crippen LogP contribution in [-0.2, 0) is 4.74 Å². The van der Waals surface area contributed by atoms with Gasteiger partial charge in [-0.05, 0) is 63.1 Å². The zero-order valence-electron chi connectivity index (χ0n) is 19.6. The Morgan fingerprint density at radius 2 is 2.00 bits per heavy atom. The van der Waals surface area contributed by atoms with Gasteiger partial charge in [-0.25, -0.2) is 9.67 Å². The molecule has 176 valence electrons. The number of fused-ring (bicyclic) bond motifs is 1. The van der Waals surface area contributed by atoms with Gasteiger partial charge in [-0.15, -0.1) is 11.3 Å². The molecular formula is C25H33N5O2S. The van der Waals surface area contributed by atoms with Crippen molar-refractivity contribution in [2.75, 3.05) is 45.9 Å². The molecule has 3 aromatic rings. The highest BCUT2D eigenvalue weighted by molar-refractivity contribution is 7.13. The number of morpholine rings is 1. The Bertz CT molecular complexity index is 1080. The molecule has 2 aliphatic rings. The zero-order chi connectivity index (χ0) is 22.8. The van der Waals surface area contributed by atoms with Gasteiger partial charge in [0.2, 0.25) is 0 Å². The molecule has 0 atom stereocenters. The number of piperidine rings is 1. The third-order valence-electron chi connectivity index (χ3n) is 6.92. The molecule has 1 amide bonds. The molecular weight excluding hydrogens is 434 g/mol. The fourth-order valence-electron chi connectivity index (χ4n) is 4.91. The van der Waals surface area contributed by atoms with E-state index in [9.17, 15) is 4.79 Å². The fourth-order valence-corrected chi connectivity index (χ4v) is 5.59. The van der Waals surface area contributed by atoms with E-state index in [4.69, 9.17) is 9.72 Å². The molecule has 8 heteroatoms. The van der Waals surface area contributed by atoms with Crippen LogP contribution in [0.3, 0.4) is 0 Å². The van der Waals surface area contributed by atoms with Gasteiger partial charge in [-0.3, -0.25) is 9.69 Å². The first-order valence-electron chi connectivity index (χ1n) is 12.1. The van der Waals surface area contributed by atoms with E-state index < -0.39 is 0 Å². The number of carbonyl (C=O) groups excluding carboxylic acids is 1. The van der Waals surface area contributed by atoms with Crippen LogP contribution in [-0.4, -0.2) is 76.4 Å². The first kappa shape index (κ1) is 22.5. The van der Waals surface area contributed by atoms with Crippen LogP contribution in [0.25, 0.3) is 21.6 Å². The smallest absolute Gasteiger partial charge is 0.254 e. The second kappa shape index (κ2) is 9.91. The zero-order valence-corrected chi connectivity index (χ0v) is 20.4. The maximum Gasteiger partial charge on any atom is 0.254 e. The molecule has 7 nitrogen and oxygen atoms in total. The lowest BCUT2D eigenvalue weighted by molar-refractivity contribution is 0.0332. The summed E-state index contributed by atoms with van der Waals surface area (Å²) in [5.41, 5.74) is 2.37. The SMILES string of the molecule is CC(C)n1ncc2c(C(=O)N3CCC(CCN4CCOCC4)CC3)cc(-c3cccs3)nc21. The van der Waals surface area contributed by atoms with Crippen molar-refractivity contribution < 1.29 is 9.53 Å². The lowest BCUT2D eigenvalue weighted by atomic mass is 9.92. The Balaban J connectivity index is 1.32. The van der Waals surface area contributed by atoms with Crippen LogP contribution in [0.5, 0.6) is 0 Å². The van der Waals surface area contributed by atoms with Crippen molar-refractivity contribution in [2.24, 2.45) is 5.92 Å². The number of aromatic nitrogens is 3. The van der Waals surface area contributed by atoms with E-state index in [-0.39, 0.29) is 11.9 Å². The van der Waals surface area contributed by atoms with Crippen LogP contribution in [0.4, 0.5) is 0 Å². The Labute approximate surface area is 199 Å². The number of hydrogen-bond donors (Lipinski definition) is 0. The van der Waals surface area contributed by atoms with E-state index >= 15 is 0 Å². The number of hydrogen-bond acceptors (Lipinski definition) is 6. The normalized spacial score (nSPS) is 18.5. The standard InChI is InChI=1S/C25H33N5O2S/c1-18(2)30-24-21(17-26-30)20(16-22(27-24)23-4-3-15-33-23)25(31)29-9-6-19(7-10-29)5-8-28-11-13-32-14-12-28/h3-4,15-19H,5-14H2,1-2H3. The average molecular weight is 468 g/mol. The van der Waals surface area contributed by atoms with Gasteiger partial charge in [-0.2, -0.15) is 5.10 Å². The summed E-state index contributed by atoms with van der Waals surface area (Å²) in [6.07, 6.45) is 5.18. The molecule has 5 rings (SSSR count). The van der Waals surface area contributed by atoms with Crippen molar-refractivity contribution in [2.45, 2.75) is 39.2 Å². The van der Waals surface area contributed by atoms with E-state index in [0.29, 0.717) is 5.92 Å². The molecule has 0 aliphatic carbocycles. The number of ether oxygens (including phenoxy) is 1. The molecule has 5 heterocycles. The predicted molar refractivity (Wildman–Crippen MR) is 132 cm³/mol. The molecule has 2 aliphatic heterocycles. The van der Waals surface area contributed by atoms with E-state index in [1.165, 1.54) is 6.42 Å². The lowest BCUT2D eigenvalue weighted by Crippen LogP contribution is -2.41. The largest absolute Gasteiger partial charge is 0.379 e. The maximum absolute atomic E-state index is 13.7. The topological polar surface area (TPSA) is 63.5 Å². The summed E-state index contributed by atoms with van der Waals surface area (Å²) in [6, 6.07) is 6.23. The summed E-state index contributed by atoms with van der Waals surface area (Å²) < 4.78 is 7.37. The summed E-state index contributed by atoms with van der Waals surface area (Å²) in [6.45, 7) is 10.8. The highest BCUT2D eigenvalue weighted by Gasteiger charge is 2.27. The molecule has 33 heavy (non-hydrogen) atoms. The fraction of sp³-hybridized carbons (Fsp3) is 0.560. The second-order valence-electron chi connectivity index (χ2n) is 9.43. The summed E-state index contributed by atoms with van der Waals surface area (Å²) in [7, 11) is 0. The van der Waals surface area contributed by atoms with Crippen LogP contribution in [0.2, 0.25) is 0 Å². The number of thiophene rings is 1. The number of pyridine rings is 1. The van der Waals surface area contributed by atoms with Crippen molar-refractivity contribution in [3.8, 4) is 10.6 Å². The molecule has 0 saturated carbocycles. The van der Waals surface area contributed by atoms with Gasteiger partial charge in [0.05, 0.1) is 40.9 Å². The minimum absolute atomic E-state index is 0.107. The van der Waals surface area contributed by atoms with Crippen LogP contribution >= 0.6 is 11.3 Å². The Morgan fingerprint density at radius 3 is 2.70 bits per heavy atom. The lowest BCUT2D eigenvalue weighted by Gasteiger charge is -2.34. The van der Waals surface area contributed by atoms with Crippen LogP contribution in [0, 0.1) is 5.92 Å². The number of likely N-dealkylation sites (tertiary alicyclic amines) is 1. The molecule has 0 radical (unpaired) electrons. The minimum Gasteiger partial charge on any atom is -0.379 e. The van der Waals surface area contributed by atoms with Crippen molar-refractivity contribution >= 4 is 28.3 Å². The van der Waals surface area contributed by atoms with Gasteiger partial charge in [0.1, 0.15) is 0 Å². The van der Waals surface area contributed by atoms with Gasteiger partial charge in [-0.1, -0.05) is 6.07 Å². The van der Waals surface area contributed by atoms with E-state index in [1.54, 1.807) is 11.3 Å². The van der Waals surface area contributed by atoms with Gasteiger partial charge in [0.15, 0.2) is 5.65 Å². The maximum atomic E-state index is 13.7. The van der Waals surface area contributed by atoms with Crippen molar-refractivity contribution in [3.05, 3.63) is 35.3 Å². The highest BCUT2D eigenvalue weighted by atomic mass is 32.1. The molecule has 0 aromatic carbocycles. The molecule has 2 saturated heterocycles. The minimum atomic E-state index is 0.107. The molecule has 0 spiro atoms. The van der Waals surface area contributed by atoms with Gasteiger partial charge >= 0.3 is 0 Å². The highest BCUT2D eigenvalue weighted by Crippen LogP contribution is 2.30. The number of amides is 1. The third-order valence-corrected chi connectivity index (χ3v) is 7.81. The van der Waals surface area contributed by atoms with Gasteiger partial charge in [0, 0.05) is 32.2 Å². The Morgan fingerprint density at radius 1 is 1.21 bits per heavy atom. The van der Waals surface area contributed by atoms with Crippen LogP contribution in [0.1, 0.15) is 49.5 Å². The summed E-state index contributed by atoms with van der Waals surface area (Å²) >= 11 is 1.65. The molecule has 0 unspecified atom stereocenters. The summed E-state index contributed by atoms with van der Waals surface area (Å²) in [4.78, 5) is 24.2. The summed E-state index contributed by atoms with van der Waals surface area (Å²) in [5, 5.41) is 7.46. The Hall–Kier alpha value is -2.29. The van der Waals surface area contributed by atoms with Crippen molar-refractivity contribution in [3.63, 3.8) is 0 Å². The number of rotatable bonds is 6. The molecule has 3 aromatic heterocycles. The van der Waals surface area contributed by atoms with Gasteiger partial charge < -0.3 is 9.64 Å². The number of nitrogens with zero attached hydrogens (tertiary/aromatic N) is 5. The predicted octanol–water partition coefficient (Wildman–Crippen LogP) is 4.32. The first-order valence-corrected chi connectivity index (χ1v) is 13.0. The molecule has 0 bridgehead atoms. The van der Waals surface area contributed by atoms with Gasteiger partial charge in [0.25, 0.3) is 5.91 Å². The van der Waals surface area contributed by atoms with Crippen LogP contribution < -0.4 is 0 Å². The average Bonchev–Trinajstić information content (AvgIpc) is 3.53. The summed E-state index contributed by atoms with van der Waals surface area (Å²) in [5.74, 6) is 0.801. The Kier molecular flexibility index (Phi) is 6.76. The number of carbonyl (C=O) groups is 1. The van der Waals surface area contributed by atoms with E-state index in [0.717, 1.165) is 85.9 Å². The second-order valence-corrected chi connectivity index (χ2v) is 10.4. The quantitative estimate of drug-likeness (QED) is 0.540. The van der Waals surface area contributed by atoms with Crippen molar-refractivity contribution in [1.82, 2.24) is 24.6 Å². The third kappa shape index (κ3) is 4.83. The van der Waals surface area contributed by atoms with Crippen LogP contribution in [0.15, 0.2) is 29.8 Å². The molecule has 2 fully saturated rings. The van der Waals surface area contributed by atoms with E-state index in [2.05, 4.69) is 29.9 Å². The van der Waals surface area contributed by atoms with Crippen molar-refractivity contribution in [1.29, 1.82) is 0 Å². The first-order chi connectivity index (χ1) is 16.1. The monoisotopic (exact) mass is 467 g/mol. The molecule has 0 N–H and O–H groups in total. The van der Waals surface area contributed by atoms with E-state index in [1.807, 2.05) is 33.3 Å².